The van der Waals surface area contributed by atoms with Crippen molar-refractivity contribution in [2.75, 3.05) is 24.6 Å². The number of nitrogen functional groups attached to an aromatic ring is 1. The van der Waals surface area contributed by atoms with Crippen LogP contribution in [0, 0.1) is 5.92 Å². The van der Waals surface area contributed by atoms with Crippen molar-refractivity contribution in [3.63, 3.8) is 0 Å². The first-order chi connectivity index (χ1) is 12.1. The number of aromatic amines is 1. The number of thioether (sulfide) groups is 1. The minimum absolute atomic E-state index is 0.0771. The van der Waals surface area contributed by atoms with E-state index >= 15 is 0 Å². The summed E-state index contributed by atoms with van der Waals surface area (Å²) in [4.78, 5) is 32.2. The zero-order chi connectivity index (χ0) is 17.6. The van der Waals surface area contributed by atoms with Crippen molar-refractivity contribution in [3.05, 3.63) is 52.3 Å². The summed E-state index contributed by atoms with van der Waals surface area (Å²) in [6.45, 7) is 1.58. The minimum Gasteiger partial charge on any atom is -0.383 e. The number of carbonyl (C=O) groups excluding carboxylic acids is 1. The molecule has 7 heteroatoms. The highest BCUT2D eigenvalue weighted by molar-refractivity contribution is 7.99. The van der Waals surface area contributed by atoms with Gasteiger partial charge in [0, 0.05) is 19.2 Å². The van der Waals surface area contributed by atoms with Gasteiger partial charge in [-0.25, -0.2) is 4.98 Å². The van der Waals surface area contributed by atoms with Gasteiger partial charge in [-0.2, -0.15) is 0 Å². The lowest BCUT2D eigenvalue weighted by Crippen LogP contribution is -2.39. The van der Waals surface area contributed by atoms with Crippen LogP contribution in [-0.2, 0) is 11.2 Å². The maximum atomic E-state index is 12.4. The first-order valence-electron chi connectivity index (χ1n) is 8.41. The molecule has 0 saturated carbocycles. The van der Waals surface area contributed by atoms with Crippen LogP contribution < -0.4 is 11.3 Å². The molecule has 6 nitrogen and oxygen atoms in total. The Bertz CT molecular complexity index is 770. The van der Waals surface area contributed by atoms with E-state index in [9.17, 15) is 9.59 Å². The van der Waals surface area contributed by atoms with E-state index in [1.807, 2.05) is 11.0 Å². The van der Waals surface area contributed by atoms with Crippen molar-refractivity contribution in [3.8, 4) is 0 Å². The molecule has 0 unspecified atom stereocenters. The molecule has 0 spiro atoms. The van der Waals surface area contributed by atoms with Gasteiger partial charge < -0.3 is 15.6 Å². The first-order valence-corrected chi connectivity index (χ1v) is 9.40. The predicted molar refractivity (Wildman–Crippen MR) is 99.4 cm³/mol. The SMILES string of the molecule is Nc1cc(=O)[nH]c(SCC(=O)N2CCC(Cc3ccccc3)CC2)n1. The molecule has 1 aliphatic rings. The number of benzene rings is 1. The quantitative estimate of drug-likeness (QED) is 0.629. The Morgan fingerprint density at radius 1 is 1.28 bits per heavy atom. The number of nitrogens with one attached hydrogen (secondary N) is 1. The van der Waals surface area contributed by atoms with Crippen LogP contribution in [0.2, 0.25) is 0 Å². The lowest BCUT2D eigenvalue weighted by molar-refractivity contribution is -0.129. The number of nitrogens with zero attached hydrogens (tertiary/aromatic N) is 2. The Morgan fingerprint density at radius 2 is 2.00 bits per heavy atom. The van der Waals surface area contributed by atoms with Crippen LogP contribution in [-0.4, -0.2) is 39.6 Å². The third kappa shape index (κ3) is 5.09. The van der Waals surface area contributed by atoms with E-state index in [0.29, 0.717) is 11.1 Å². The van der Waals surface area contributed by atoms with Crippen LogP contribution in [0.25, 0.3) is 0 Å². The van der Waals surface area contributed by atoms with E-state index in [4.69, 9.17) is 5.73 Å². The third-order valence-corrected chi connectivity index (χ3v) is 5.26. The Hall–Kier alpha value is -2.28. The fourth-order valence-electron chi connectivity index (χ4n) is 3.08. The number of piperidine rings is 1. The summed E-state index contributed by atoms with van der Waals surface area (Å²) in [5, 5.41) is 0.386. The molecular weight excluding hydrogens is 336 g/mol. The van der Waals surface area contributed by atoms with Crippen molar-refractivity contribution < 1.29 is 4.79 Å². The third-order valence-electron chi connectivity index (χ3n) is 4.41. The van der Waals surface area contributed by atoms with Crippen LogP contribution in [0.4, 0.5) is 5.82 Å². The summed E-state index contributed by atoms with van der Waals surface area (Å²) in [5.74, 6) is 1.13. The van der Waals surface area contributed by atoms with E-state index in [-0.39, 0.29) is 23.0 Å². The molecule has 0 radical (unpaired) electrons. The summed E-state index contributed by atoms with van der Waals surface area (Å²) >= 11 is 1.22. The molecule has 2 heterocycles. The second kappa shape index (κ2) is 8.20. The standard InChI is InChI=1S/C18H22N4O2S/c19-15-11-16(23)21-18(20-15)25-12-17(24)22-8-6-14(7-9-22)10-13-4-2-1-3-5-13/h1-5,11,14H,6-10,12H2,(H3,19,20,21,23). The first kappa shape index (κ1) is 17.5. The number of rotatable bonds is 5. The molecule has 0 bridgehead atoms. The van der Waals surface area contributed by atoms with Gasteiger partial charge >= 0.3 is 0 Å². The van der Waals surface area contributed by atoms with Gasteiger partial charge in [0.25, 0.3) is 5.56 Å². The normalized spacial score (nSPS) is 15.3. The van der Waals surface area contributed by atoms with Gasteiger partial charge in [-0.1, -0.05) is 42.1 Å². The Balaban J connectivity index is 1.46. The van der Waals surface area contributed by atoms with Gasteiger partial charge in [-0.3, -0.25) is 9.59 Å². The van der Waals surface area contributed by atoms with E-state index < -0.39 is 0 Å². The highest BCUT2D eigenvalue weighted by atomic mass is 32.2. The highest BCUT2D eigenvalue weighted by Crippen LogP contribution is 2.22. The average molecular weight is 358 g/mol. The van der Waals surface area contributed by atoms with Crippen molar-refractivity contribution in [1.29, 1.82) is 0 Å². The van der Waals surface area contributed by atoms with Crippen LogP contribution in [0.15, 0.2) is 46.3 Å². The molecule has 1 aromatic heterocycles. The smallest absolute Gasteiger partial charge is 0.253 e. The number of carbonyl (C=O) groups is 1. The van der Waals surface area contributed by atoms with E-state index in [2.05, 4.69) is 34.2 Å². The minimum atomic E-state index is -0.302. The van der Waals surface area contributed by atoms with Crippen LogP contribution in [0.1, 0.15) is 18.4 Å². The van der Waals surface area contributed by atoms with Gasteiger partial charge in [0.05, 0.1) is 5.75 Å². The van der Waals surface area contributed by atoms with Crippen molar-refractivity contribution in [1.82, 2.24) is 14.9 Å². The van der Waals surface area contributed by atoms with E-state index in [0.717, 1.165) is 32.4 Å². The molecule has 132 valence electrons. The van der Waals surface area contributed by atoms with Gasteiger partial charge in [0.2, 0.25) is 5.91 Å². The van der Waals surface area contributed by atoms with Crippen LogP contribution >= 0.6 is 11.8 Å². The molecular formula is C18H22N4O2S. The molecule has 1 aliphatic heterocycles. The summed E-state index contributed by atoms with van der Waals surface area (Å²) < 4.78 is 0. The molecule has 1 fully saturated rings. The maximum Gasteiger partial charge on any atom is 0.253 e. The molecule has 2 aromatic rings. The highest BCUT2D eigenvalue weighted by Gasteiger charge is 2.23. The number of nitrogens with two attached hydrogens (primary N) is 1. The molecule has 1 saturated heterocycles. The number of H-pyrrole nitrogens is 1. The largest absolute Gasteiger partial charge is 0.383 e. The van der Waals surface area contributed by atoms with Gasteiger partial charge in [-0.05, 0) is 30.7 Å². The number of likely N-dealkylation sites (tertiary alicyclic amines) is 1. The predicted octanol–water partition coefficient (Wildman–Crippen LogP) is 1.93. The van der Waals surface area contributed by atoms with Crippen molar-refractivity contribution in [2.45, 2.75) is 24.4 Å². The zero-order valence-electron chi connectivity index (χ0n) is 14.0. The summed E-state index contributed by atoms with van der Waals surface area (Å²) in [7, 11) is 0. The van der Waals surface area contributed by atoms with Gasteiger partial charge in [0.15, 0.2) is 5.16 Å². The monoisotopic (exact) mass is 358 g/mol. The lowest BCUT2D eigenvalue weighted by Gasteiger charge is -2.32. The zero-order valence-corrected chi connectivity index (χ0v) is 14.8. The number of aromatic nitrogens is 2. The molecule has 25 heavy (non-hydrogen) atoms. The van der Waals surface area contributed by atoms with Gasteiger partial charge in [-0.15, -0.1) is 0 Å². The fraction of sp³-hybridized carbons (Fsp3) is 0.389. The molecule has 3 rings (SSSR count). The van der Waals surface area contributed by atoms with Crippen molar-refractivity contribution in [2.24, 2.45) is 5.92 Å². The Kier molecular flexibility index (Phi) is 5.75. The second-order valence-corrected chi connectivity index (χ2v) is 7.24. The number of hydrogen-bond acceptors (Lipinski definition) is 5. The number of hydrogen-bond donors (Lipinski definition) is 2. The number of anilines is 1. The fourth-order valence-corrected chi connectivity index (χ4v) is 3.86. The van der Waals surface area contributed by atoms with Crippen LogP contribution in [0.5, 0.6) is 0 Å². The van der Waals surface area contributed by atoms with Crippen molar-refractivity contribution >= 4 is 23.5 Å². The average Bonchev–Trinajstić information content (AvgIpc) is 2.60. The summed E-state index contributed by atoms with van der Waals surface area (Å²) in [6.07, 6.45) is 3.13. The molecule has 0 atom stereocenters. The molecule has 1 amide bonds. The summed E-state index contributed by atoms with van der Waals surface area (Å²) in [5.41, 5.74) is 6.61. The molecule has 1 aromatic carbocycles. The maximum absolute atomic E-state index is 12.4. The topological polar surface area (TPSA) is 92.1 Å². The lowest BCUT2D eigenvalue weighted by atomic mass is 9.90. The molecule has 0 aliphatic carbocycles. The summed E-state index contributed by atoms with van der Waals surface area (Å²) in [6, 6.07) is 11.7. The number of amides is 1. The van der Waals surface area contributed by atoms with Gasteiger partial charge in [0.1, 0.15) is 5.82 Å². The van der Waals surface area contributed by atoms with Crippen LogP contribution in [0.3, 0.4) is 0 Å². The van der Waals surface area contributed by atoms with E-state index in [1.54, 1.807) is 0 Å². The Morgan fingerprint density at radius 3 is 2.68 bits per heavy atom. The Labute approximate surface area is 150 Å². The van der Waals surface area contributed by atoms with E-state index in [1.165, 1.54) is 23.4 Å². The second-order valence-electron chi connectivity index (χ2n) is 6.28. The molecule has 3 N–H and O–H groups in total.